The second kappa shape index (κ2) is 8.57. The molecule has 1 aromatic heterocycles. The van der Waals surface area contributed by atoms with Crippen molar-refractivity contribution in [1.82, 2.24) is 14.8 Å². The van der Waals surface area contributed by atoms with E-state index in [-0.39, 0.29) is 0 Å². The Morgan fingerprint density at radius 2 is 1.77 bits per heavy atom. The van der Waals surface area contributed by atoms with Gasteiger partial charge in [0, 0.05) is 49.7 Å². The lowest BCUT2D eigenvalue weighted by atomic mass is 9.96. The van der Waals surface area contributed by atoms with Crippen LogP contribution in [-0.4, -0.2) is 39.3 Å². The topological polar surface area (TPSA) is 36.4 Å². The number of aromatic nitrogens is 1. The molecule has 2 atom stereocenters. The van der Waals surface area contributed by atoms with Crippen LogP contribution in [0, 0.1) is 0 Å². The van der Waals surface area contributed by atoms with Crippen LogP contribution < -0.4 is 0 Å². The number of hydrogen-bond acceptors (Lipinski definition) is 3. The summed E-state index contributed by atoms with van der Waals surface area (Å²) >= 11 is 0. The average Bonchev–Trinajstić information content (AvgIpc) is 3.16. The predicted molar refractivity (Wildman–Crippen MR) is 120 cm³/mol. The van der Waals surface area contributed by atoms with Gasteiger partial charge in [0.05, 0.1) is 5.52 Å². The Kier molecular flexibility index (Phi) is 5.50. The Labute approximate surface area is 178 Å². The van der Waals surface area contributed by atoms with Crippen LogP contribution in [-0.2, 0) is 17.9 Å². The quantitative estimate of drug-likeness (QED) is 0.633. The van der Waals surface area contributed by atoms with E-state index in [0.29, 0.717) is 24.4 Å². The molecular weight excluding hydrogens is 370 g/mol. The fourth-order valence-corrected chi connectivity index (χ4v) is 5.30. The summed E-state index contributed by atoms with van der Waals surface area (Å²) in [6, 6.07) is 21.8. The minimum absolute atomic E-state index is 0.311. The van der Waals surface area contributed by atoms with Gasteiger partial charge in [-0.3, -0.25) is 14.7 Å². The van der Waals surface area contributed by atoms with Crippen LogP contribution >= 0.6 is 0 Å². The zero-order valence-corrected chi connectivity index (χ0v) is 17.4. The van der Waals surface area contributed by atoms with Crippen molar-refractivity contribution in [2.75, 3.05) is 6.54 Å². The molecule has 0 saturated carbocycles. The van der Waals surface area contributed by atoms with Gasteiger partial charge in [-0.2, -0.15) is 0 Å². The second-order valence-corrected chi connectivity index (χ2v) is 8.63. The third-order valence-electron chi connectivity index (χ3n) is 6.79. The maximum absolute atomic E-state index is 13.1. The number of rotatable bonds is 4. The highest BCUT2D eigenvalue weighted by Gasteiger charge is 2.40. The molecule has 1 amide bonds. The number of nitrogens with zero attached hydrogens (tertiary/aromatic N) is 3. The van der Waals surface area contributed by atoms with Crippen molar-refractivity contribution < 1.29 is 4.79 Å². The van der Waals surface area contributed by atoms with Crippen molar-refractivity contribution in [2.24, 2.45) is 0 Å². The van der Waals surface area contributed by atoms with Crippen molar-refractivity contribution >= 4 is 16.8 Å². The van der Waals surface area contributed by atoms with E-state index < -0.39 is 0 Å². The van der Waals surface area contributed by atoms with Crippen molar-refractivity contribution in [3.8, 4) is 0 Å². The standard InChI is InChI=1S/C26H29N3O/c30-26-14-5-4-13-24-25(29(26)18-20-8-2-1-3-9-20)15-17-28(24)19-21-10-6-12-23-22(21)11-7-16-27-23/h1-3,6-12,16,24-25H,4-5,13-15,17-19H2/t24-,25+/m1/s1. The molecule has 3 heterocycles. The van der Waals surface area contributed by atoms with Crippen molar-refractivity contribution in [3.63, 3.8) is 0 Å². The smallest absolute Gasteiger partial charge is 0.223 e. The lowest BCUT2D eigenvalue weighted by Crippen LogP contribution is -2.48. The zero-order valence-electron chi connectivity index (χ0n) is 17.4. The summed E-state index contributed by atoms with van der Waals surface area (Å²) in [7, 11) is 0. The maximum Gasteiger partial charge on any atom is 0.223 e. The first-order chi connectivity index (χ1) is 14.8. The zero-order chi connectivity index (χ0) is 20.3. The second-order valence-electron chi connectivity index (χ2n) is 8.63. The van der Waals surface area contributed by atoms with E-state index in [1.54, 1.807) is 0 Å². The molecule has 0 aliphatic carbocycles. The van der Waals surface area contributed by atoms with Gasteiger partial charge in [-0.1, -0.05) is 55.0 Å². The number of carbonyl (C=O) groups is 1. The molecule has 2 saturated heterocycles. The molecule has 0 N–H and O–H groups in total. The van der Waals surface area contributed by atoms with E-state index in [2.05, 4.69) is 63.3 Å². The summed E-state index contributed by atoms with van der Waals surface area (Å²) in [6.07, 6.45) is 6.92. The van der Waals surface area contributed by atoms with Crippen molar-refractivity contribution in [2.45, 2.75) is 57.3 Å². The summed E-state index contributed by atoms with van der Waals surface area (Å²) in [5.74, 6) is 0.324. The Balaban J connectivity index is 1.40. The third kappa shape index (κ3) is 3.84. The van der Waals surface area contributed by atoms with Crippen LogP contribution in [0.25, 0.3) is 10.9 Å². The molecule has 4 heteroatoms. The number of pyridine rings is 1. The molecule has 3 aromatic rings. The lowest BCUT2D eigenvalue weighted by Gasteiger charge is -2.37. The summed E-state index contributed by atoms with van der Waals surface area (Å²) in [6.45, 7) is 2.70. The van der Waals surface area contributed by atoms with E-state index in [9.17, 15) is 4.79 Å². The van der Waals surface area contributed by atoms with E-state index in [1.165, 1.54) is 22.9 Å². The van der Waals surface area contributed by atoms with Gasteiger partial charge < -0.3 is 4.90 Å². The molecule has 2 fully saturated rings. The molecule has 4 nitrogen and oxygen atoms in total. The molecule has 2 aliphatic heterocycles. The molecule has 2 aliphatic rings. The summed E-state index contributed by atoms with van der Waals surface area (Å²) in [5.41, 5.74) is 3.62. The molecule has 0 bridgehead atoms. The molecule has 154 valence electrons. The van der Waals surface area contributed by atoms with E-state index in [4.69, 9.17) is 0 Å². The molecule has 0 spiro atoms. The normalized spacial score (nSPS) is 22.7. The molecule has 0 radical (unpaired) electrons. The Hall–Kier alpha value is -2.72. The fourth-order valence-electron chi connectivity index (χ4n) is 5.30. The minimum Gasteiger partial charge on any atom is -0.334 e. The highest BCUT2D eigenvalue weighted by molar-refractivity contribution is 5.82. The number of carbonyl (C=O) groups excluding carboxylic acids is 1. The fraction of sp³-hybridized carbons (Fsp3) is 0.385. The molecule has 5 rings (SSSR count). The van der Waals surface area contributed by atoms with Gasteiger partial charge >= 0.3 is 0 Å². The van der Waals surface area contributed by atoms with Crippen molar-refractivity contribution in [1.29, 1.82) is 0 Å². The summed E-state index contributed by atoms with van der Waals surface area (Å²) in [5, 5.41) is 1.24. The summed E-state index contributed by atoms with van der Waals surface area (Å²) in [4.78, 5) is 22.4. The molecular formula is C26H29N3O. The van der Waals surface area contributed by atoms with Crippen LogP contribution in [0.1, 0.15) is 43.2 Å². The van der Waals surface area contributed by atoms with E-state index >= 15 is 0 Å². The third-order valence-corrected chi connectivity index (χ3v) is 6.79. The van der Waals surface area contributed by atoms with Gasteiger partial charge in [0.1, 0.15) is 0 Å². The van der Waals surface area contributed by atoms with E-state index in [0.717, 1.165) is 44.4 Å². The Morgan fingerprint density at radius 3 is 2.67 bits per heavy atom. The van der Waals surface area contributed by atoms with Crippen LogP contribution in [0.3, 0.4) is 0 Å². The number of benzene rings is 2. The molecule has 30 heavy (non-hydrogen) atoms. The van der Waals surface area contributed by atoms with Crippen LogP contribution in [0.4, 0.5) is 0 Å². The molecule has 0 unspecified atom stereocenters. The van der Waals surface area contributed by atoms with Crippen molar-refractivity contribution in [3.05, 3.63) is 78.0 Å². The van der Waals surface area contributed by atoms with Gasteiger partial charge in [0.2, 0.25) is 5.91 Å². The first-order valence-electron chi connectivity index (χ1n) is 11.2. The van der Waals surface area contributed by atoms with Gasteiger partial charge in [0.15, 0.2) is 0 Å². The van der Waals surface area contributed by atoms with Gasteiger partial charge in [-0.15, -0.1) is 0 Å². The van der Waals surface area contributed by atoms with Gasteiger partial charge in [0.25, 0.3) is 0 Å². The summed E-state index contributed by atoms with van der Waals surface area (Å²) < 4.78 is 0. The number of likely N-dealkylation sites (tertiary alicyclic amines) is 2. The van der Waals surface area contributed by atoms with Crippen LogP contribution in [0.15, 0.2) is 66.9 Å². The molecule has 2 aromatic carbocycles. The number of fused-ring (bicyclic) bond motifs is 2. The number of amides is 1. The highest BCUT2D eigenvalue weighted by atomic mass is 16.2. The lowest BCUT2D eigenvalue weighted by molar-refractivity contribution is -0.135. The van der Waals surface area contributed by atoms with Crippen LogP contribution in [0.2, 0.25) is 0 Å². The average molecular weight is 400 g/mol. The largest absolute Gasteiger partial charge is 0.334 e. The SMILES string of the molecule is O=C1CCCC[C@@H]2[C@H](CCN2Cc2cccc3ncccc23)N1Cc1ccccc1. The monoisotopic (exact) mass is 399 g/mol. The van der Waals surface area contributed by atoms with E-state index in [1.807, 2.05) is 18.3 Å². The Bertz CT molecular complexity index is 1010. The first-order valence-corrected chi connectivity index (χ1v) is 11.2. The minimum atomic E-state index is 0.311. The number of hydrogen-bond donors (Lipinski definition) is 0. The van der Waals surface area contributed by atoms with Crippen LogP contribution in [0.5, 0.6) is 0 Å². The first kappa shape index (κ1) is 19.3. The van der Waals surface area contributed by atoms with Gasteiger partial charge in [-0.25, -0.2) is 0 Å². The maximum atomic E-state index is 13.1. The Morgan fingerprint density at radius 1 is 0.867 bits per heavy atom. The van der Waals surface area contributed by atoms with Gasteiger partial charge in [-0.05, 0) is 42.5 Å². The predicted octanol–water partition coefficient (Wildman–Crippen LogP) is 4.78. The highest BCUT2D eigenvalue weighted by Crippen LogP contribution is 2.33.